The van der Waals surface area contributed by atoms with E-state index in [1.807, 2.05) is 0 Å². The van der Waals surface area contributed by atoms with Crippen molar-refractivity contribution in [2.45, 2.75) is 0 Å². The molecular weight excluding hydrogens is 291 g/mol. The van der Waals surface area contributed by atoms with Crippen molar-refractivity contribution < 1.29 is 0 Å². The highest BCUT2D eigenvalue weighted by molar-refractivity contribution is 9.09. The minimum absolute atomic E-state index is 0.585. The van der Waals surface area contributed by atoms with Gasteiger partial charge in [0.15, 0.2) is 0 Å². The number of piperazine rings is 1. The summed E-state index contributed by atoms with van der Waals surface area (Å²) >= 11 is 9.22. The van der Waals surface area contributed by atoms with Crippen molar-refractivity contribution in [3.63, 3.8) is 0 Å². The second-order valence-corrected chi connectivity index (χ2v) is 4.95. The van der Waals surface area contributed by atoms with E-state index in [4.69, 9.17) is 11.6 Å². The van der Waals surface area contributed by atoms with Gasteiger partial charge in [-0.15, -0.1) is 0 Å². The van der Waals surface area contributed by atoms with E-state index < -0.39 is 0 Å². The molecule has 6 heteroatoms. The van der Waals surface area contributed by atoms with Gasteiger partial charge < -0.3 is 4.90 Å². The maximum absolute atomic E-state index is 5.76. The molecule has 1 aromatic heterocycles. The normalized spacial score (nSPS) is 17.8. The molecule has 0 atom stereocenters. The molecule has 1 fully saturated rings. The Kier molecular flexibility index (Phi) is 4.37. The lowest BCUT2D eigenvalue weighted by molar-refractivity contribution is 0.272. The summed E-state index contributed by atoms with van der Waals surface area (Å²) < 4.78 is 0. The average molecular weight is 306 g/mol. The molecule has 0 N–H and O–H groups in total. The van der Waals surface area contributed by atoms with E-state index in [1.165, 1.54) is 0 Å². The Morgan fingerprint density at radius 1 is 1.19 bits per heavy atom. The van der Waals surface area contributed by atoms with Gasteiger partial charge in [0.25, 0.3) is 0 Å². The molecule has 0 aliphatic carbocycles. The monoisotopic (exact) mass is 304 g/mol. The molecule has 1 aliphatic heterocycles. The molecule has 1 aliphatic rings. The van der Waals surface area contributed by atoms with Crippen molar-refractivity contribution in [1.82, 2.24) is 14.9 Å². The van der Waals surface area contributed by atoms with Gasteiger partial charge in [0.1, 0.15) is 0 Å². The van der Waals surface area contributed by atoms with Crippen LogP contribution in [-0.2, 0) is 0 Å². The number of alkyl halides is 1. The molecule has 4 nitrogen and oxygen atoms in total. The molecular formula is C10H14BrClN4. The molecule has 0 unspecified atom stereocenters. The van der Waals surface area contributed by atoms with Gasteiger partial charge in [-0.2, -0.15) is 0 Å². The second kappa shape index (κ2) is 5.80. The zero-order chi connectivity index (χ0) is 11.4. The maximum atomic E-state index is 5.76. The zero-order valence-corrected chi connectivity index (χ0v) is 11.3. The summed E-state index contributed by atoms with van der Waals surface area (Å²) in [6, 6.07) is 0. The van der Waals surface area contributed by atoms with Crippen LogP contribution < -0.4 is 4.90 Å². The highest BCUT2D eigenvalue weighted by Crippen LogP contribution is 2.12. The minimum atomic E-state index is 0.585. The van der Waals surface area contributed by atoms with Crippen LogP contribution in [0.3, 0.4) is 0 Å². The van der Waals surface area contributed by atoms with Crippen LogP contribution in [0.4, 0.5) is 5.95 Å². The van der Waals surface area contributed by atoms with Gasteiger partial charge in [-0.1, -0.05) is 27.5 Å². The molecule has 0 amide bonds. The summed E-state index contributed by atoms with van der Waals surface area (Å²) in [5.41, 5.74) is 0. The molecule has 1 saturated heterocycles. The van der Waals surface area contributed by atoms with Crippen LogP contribution >= 0.6 is 27.5 Å². The quantitative estimate of drug-likeness (QED) is 0.795. The largest absolute Gasteiger partial charge is 0.338 e. The Morgan fingerprint density at radius 2 is 1.81 bits per heavy atom. The van der Waals surface area contributed by atoms with Crippen molar-refractivity contribution in [3.8, 4) is 0 Å². The standard InChI is InChI=1S/C10H14BrClN4/c11-1-2-15-3-5-16(6-4-15)10-13-7-9(12)8-14-10/h7-8H,1-6H2. The van der Waals surface area contributed by atoms with Crippen LogP contribution in [0.15, 0.2) is 12.4 Å². The summed E-state index contributed by atoms with van der Waals surface area (Å²) in [6.45, 7) is 5.20. The Hall–Kier alpha value is -0.390. The molecule has 88 valence electrons. The van der Waals surface area contributed by atoms with Gasteiger partial charge in [0.2, 0.25) is 5.95 Å². The van der Waals surface area contributed by atoms with Crippen molar-refractivity contribution in [2.75, 3.05) is 43.0 Å². The van der Waals surface area contributed by atoms with E-state index in [-0.39, 0.29) is 0 Å². The molecule has 0 saturated carbocycles. The molecule has 0 spiro atoms. The first kappa shape index (κ1) is 12.1. The Bertz CT molecular complexity index is 324. The number of anilines is 1. The maximum Gasteiger partial charge on any atom is 0.225 e. The van der Waals surface area contributed by atoms with Crippen molar-refractivity contribution in [1.29, 1.82) is 0 Å². The topological polar surface area (TPSA) is 32.3 Å². The Morgan fingerprint density at radius 3 is 2.38 bits per heavy atom. The third-order valence-corrected chi connectivity index (χ3v) is 3.21. The fourth-order valence-corrected chi connectivity index (χ4v) is 2.36. The number of aromatic nitrogens is 2. The summed E-state index contributed by atoms with van der Waals surface area (Å²) in [5.74, 6) is 0.780. The average Bonchev–Trinajstić information content (AvgIpc) is 2.32. The SMILES string of the molecule is Clc1cnc(N2CCN(CCBr)CC2)nc1. The fourth-order valence-electron chi connectivity index (χ4n) is 1.76. The van der Waals surface area contributed by atoms with E-state index in [0.29, 0.717) is 5.02 Å². The zero-order valence-electron chi connectivity index (χ0n) is 8.94. The first-order valence-electron chi connectivity index (χ1n) is 5.30. The lowest BCUT2D eigenvalue weighted by Gasteiger charge is -2.34. The van der Waals surface area contributed by atoms with Crippen molar-refractivity contribution in [3.05, 3.63) is 17.4 Å². The number of hydrogen-bond acceptors (Lipinski definition) is 4. The summed E-state index contributed by atoms with van der Waals surface area (Å²) in [7, 11) is 0. The predicted octanol–water partition coefficient (Wildman–Crippen LogP) is 1.65. The van der Waals surface area contributed by atoms with Crippen LogP contribution in [0.25, 0.3) is 0 Å². The highest BCUT2D eigenvalue weighted by atomic mass is 79.9. The Balaban J connectivity index is 1.91. The van der Waals surface area contributed by atoms with Gasteiger partial charge in [-0.25, -0.2) is 9.97 Å². The number of nitrogens with zero attached hydrogens (tertiary/aromatic N) is 4. The number of hydrogen-bond donors (Lipinski definition) is 0. The molecule has 0 bridgehead atoms. The van der Waals surface area contributed by atoms with E-state index in [0.717, 1.165) is 44.0 Å². The molecule has 2 heterocycles. The van der Waals surface area contributed by atoms with E-state index >= 15 is 0 Å². The smallest absolute Gasteiger partial charge is 0.225 e. The van der Waals surface area contributed by atoms with Crippen molar-refractivity contribution in [2.24, 2.45) is 0 Å². The van der Waals surface area contributed by atoms with E-state index in [1.54, 1.807) is 12.4 Å². The number of rotatable bonds is 3. The Labute approximate surface area is 109 Å². The molecule has 2 rings (SSSR count). The lowest BCUT2D eigenvalue weighted by Crippen LogP contribution is -2.47. The first-order valence-corrected chi connectivity index (χ1v) is 6.80. The van der Waals surface area contributed by atoms with Crippen LogP contribution in [0.5, 0.6) is 0 Å². The molecule has 16 heavy (non-hydrogen) atoms. The molecule has 1 aromatic rings. The summed E-state index contributed by atoms with van der Waals surface area (Å²) in [6.07, 6.45) is 3.30. The minimum Gasteiger partial charge on any atom is -0.338 e. The predicted molar refractivity (Wildman–Crippen MR) is 69.5 cm³/mol. The van der Waals surface area contributed by atoms with Gasteiger partial charge in [-0.05, 0) is 0 Å². The van der Waals surface area contributed by atoms with Gasteiger partial charge >= 0.3 is 0 Å². The van der Waals surface area contributed by atoms with E-state index in [2.05, 4.69) is 35.7 Å². The summed E-state index contributed by atoms with van der Waals surface area (Å²) in [5, 5.41) is 1.62. The molecule has 0 aromatic carbocycles. The van der Waals surface area contributed by atoms with Gasteiger partial charge in [0.05, 0.1) is 17.4 Å². The van der Waals surface area contributed by atoms with Crippen molar-refractivity contribution >= 4 is 33.5 Å². The second-order valence-electron chi connectivity index (χ2n) is 3.72. The molecule has 0 radical (unpaired) electrons. The highest BCUT2D eigenvalue weighted by Gasteiger charge is 2.17. The fraction of sp³-hybridized carbons (Fsp3) is 0.600. The van der Waals surface area contributed by atoms with Gasteiger partial charge in [0, 0.05) is 38.1 Å². The first-order chi connectivity index (χ1) is 7.79. The summed E-state index contributed by atoms with van der Waals surface area (Å²) in [4.78, 5) is 13.1. The van der Waals surface area contributed by atoms with E-state index in [9.17, 15) is 0 Å². The third kappa shape index (κ3) is 3.06. The number of halogens is 2. The van der Waals surface area contributed by atoms with Crippen LogP contribution in [0.1, 0.15) is 0 Å². The van der Waals surface area contributed by atoms with Crippen LogP contribution in [0, 0.1) is 0 Å². The third-order valence-electron chi connectivity index (χ3n) is 2.66. The lowest BCUT2D eigenvalue weighted by atomic mass is 10.3. The van der Waals surface area contributed by atoms with Crippen LogP contribution in [0.2, 0.25) is 5.02 Å². The van der Waals surface area contributed by atoms with Crippen LogP contribution in [-0.4, -0.2) is 52.9 Å². The van der Waals surface area contributed by atoms with Gasteiger partial charge in [-0.3, -0.25) is 4.90 Å².